The molecule has 118 valence electrons. The molecule has 2 nitrogen and oxygen atoms in total. The molecule has 0 N–H and O–H groups in total. The predicted molar refractivity (Wildman–Crippen MR) is 93.2 cm³/mol. The molecule has 22 heavy (non-hydrogen) atoms. The van der Waals surface area contributed by atoms with Crippen LogP contribution >= 0.6 is 0 Å². The van der Waals surface area contributed by atoms with Gasteiger partial charge in [-0.3, -0.25) is 4.90 Å². The van der Waals surface area contributed by atoms with Gasteiger partial charge >= 0.3 is 0 Å². The van der Waals surface area contributed by atoms with Gasteiger partial charge in [0.25, 0.3) is 0 Å². The van der Waals surface area contributed by atoms with E-state index in [9.17, 15) is 0 Å². The van der Waals surface area contributed by atoms with Gasteiger partial charge in [-0.25, -0.2) is 0 Å². The summed E-state index contributed by atoms with van der Waals surface area (Å²) in [6.07, 6.45) is 5.33. The maximum absolute atomic E-state index is 2.67. The number of nitrogens with zero attached hydrogens (tertiary/aromatic N) is 2. The Balaban J connectivity index is 1.34. The summed E-state index contributed by atoms with van der Waals surface area (Å²) >= 11 is 0. The van der Waals surface area contributed by atoms with Gasteiger partial charge in [-0.2, -0.15) is 0 Å². The van der Waals surface area contributed by atoms with Gasteiger partial charge in [0.05, 0.1) is 0 Å². The minimum atomic E-state index is 0.565. The zero-order chi connectivity index (χ0) is 15.2. The maximum atomic E-state index is 2.67. The molecule has 0 amide bonds. The smallest absolute Gasteiger partial charge is 0.0367 e. The molecule has 2 atom stereocenters. The summed E-state index contributed by atoms with van der Waals surface area (Å²) in [6, 6.07) is 10.9. The predicted octanol–water partition coefficient (Wildman–Crippen LogP) is 3.80. The molecule has 1 aliphatic heterocycles. The molecule has 0 aromatic heterocycles. The van der Waals surface area contributed by atoms with Crippen LogP contribution in [0.1, 0.15) is 26.7 Å². The lowest BCUT2D eigenvalue weighted by atomic mass is 9.49. The molecule has 1 saturated carbocycles. The quantitative estimate of drug-likeness (QED) is 0.783. The van der Waals surface area contributed by atoms with Crippen LogP contribution in [0, 0.1) is 17.3 Å². The first-order valence-electron chi connectivity index (χ1n) is 8.86. The standard InChI is InChI=1S/C20H28N2/c1-20(2)17-9-8-16(19(20)14-17)15-21-10-12-22(13-11-21)18-6-4-3-5-7-18/h3-8,17,19H,9-15H2,1-2H3/t17-,19+/m1/s1. The topological polar surface area (TPSA) is 6.48 Å². The lowest BCUT2D eigenvalue weighted by Gasteiger charge is -2.57. The van der Waals surface area contributed by atoms with Crippen molar-refractivity contribution >= 4 is 5.69 Å². The van der Waals surface area contributed by atoms with Gasteiger partial charge in [-0.15, -0.1) is 0 Å². The fourth-order valence-electron chi connectivity index (χ4n) is 4.72. The van der Waals surface area contributed by atoms with E-state index in [-0.39, 0.29) is 0 Å². The van der Waals surface area contributed by atoms with Crippen molar-refractivity contribution in [3.63, 3.8) is 0 Å². The zero-order valence-electron chi connectivity index (χ0n) is 14.0. The highest BCUT2D eigenvalue weighted by atomic mass is 15.3. The van der Waals surface area contributed by atoms with E-state index in [1.165, 1.54) is 38.2 Å². The number of benzene rings is 1. The number of fused-ring (bicyclic) bond motifs is 1. The van der Waals surface area contributed by atoms with Crippen molar-refractivity contribution in [3.05, 3.63) is 42.0 Å². The molecule has 5 rings (SSSR count). The van der Waals surface area contributed by atoms with Crippen molar-refractivity contribution < 1.29 is 0 Å². The summed E-state index contributed by atoms with van der Waals surface area (Å²) < 4.78 is 0. The average molecular weight is 296 g/mol. The van der Waals surface area contributed by atoms with E-state index < -0.39 is 0 Å². The van der Waals surface area contributed by atoms with Crippen molar-refractivity contribution in [2.24, 2.45) is 17.3 Å². The molecule has 1 heterocycles. The Morgan fingerprint density at radius 1 is 1.05 bits per heavy atom. The second-order valence-corrected chi connectivity index (χ2v) is 7.92. The highest BCUT2D eigenvalue weighted by Crippen LogP contribution is 2.59. The van der Waals surface area contributed by atoms with Gasteiger partial charge in [0.15, 0.2) is 0 Å². The van der Waals surface area contributed by atoms with Crippen LogP contribution in [-0.4, -0.2) is 37.6 Å². The van der Waals surface area contributed by atoms with Crippen molar-refractivity contribution in [2.45, 2.75) is 26.7 Å². The Bertz CT molecular complexity index is 552. The number of hydrogen-bond acceptors (Lipinski definition) is 2. The molecule has 1 aromatic rings. The summed E-state index contributed by atoms with van der Waals surface area (Å²) in [6.45, 7) is 10.9. The van der Waals surface area contributed by atoms with Crippen molar-refractivity contribution in [2.75, 3.05) is 37.6 Å². The molecule has 0 radical (unpaired) electrons. The summed E-state index contributed by atoms with van der Waals surface area (Å²) in [4.78, 5) is 5.19. The summed E-state index contributed by atoms with van der Waals surface area (Å²) in [5, 5.41) is 0. The molecule has 2 bridgehead atoms. The fraction of sp³-hybridized carbons (Fsp3) is 0.600. The van der Waals surface area contributed by atoms with Gasteiger partial charge < -0.3 is 4.90 Å². The summed E-state index contributed by atoms with van der Waals surface area (Å²) in [5.74, 6) is 1.81. The Hall–Kier alpha value is -1.28. The molecular formula is C20H28N2. The van der Waals surface area contributed by atoms with E-state index in [1.807, 2.05) is 0 Å². The molecule has 3 aliphatic carbocycles. The highest BCUT2D eigenvalue weighted by Gasteiger charge is 2.51. The van der Waals surface area contributed by atoms with E-state index in [2.05, 4.69) is 60.1 Å². The monoisotopic (exact) mass is 296 g/mol. The molecular weight excluding hydrogens is 268 g/mol. The van der Waals surface area contributed by atoms with E-state index in [0.717, 1.165) is 24.9 Å². The first kappa shape index (κ1) is 14.3. The van der Waals surface area contributed by atoms with Crippen LogP contribution in [0.4, 0.5) is 5.69 Å². The van der Waals surface area contributed by atoms with Crippen LogP contribution in [-0.2, 0) is 0 Å². The first-order chi connectivity index (χ1) is 10.6. The molecule has 2 fully saturated rings. The minimum Gasteiger partial charge on any atom is -0.369 e. The lowest BCUT2D eigenvalue weighted by molar-refractivity contribution is -0.0107. The van der Waals surface area contributed by atoms with Gasteiger partial charge in [0, 0.05) is 38.4 Å². The largest absolute Gasteiger partial charge is 0.369 e. The zero-order valence-corrected chi connectivity index (χ0v) is 14.0. The lowest BCUT2D eigenvalue weighted by Crippen LogP contribution is -2.52. The van der Waals surface area contributed by atoms with Crippen LogP contribution in [0.15, 0.2) is 42.0 Å². The van der Waals surface area contributed by atoms with Crippen LogP contribution in [0.25, 0.3) is 0 Å². The molecule has 1 aromatic carbocycles. The second-order valence-electron chi connectivity index (χ2n) is 7.92. The van der Waals surface area contributed by atoms with Crippen LogP contribution in [0.2, 0.25) is 0 Å². The maximum Gasteiger partial charge on any atom is 0.0367 e. The van der Waals surface area contributed by atoms with Crippen LogP contribution in [0.3, 0.4) is 0 Å². The SMILES string of the molecule is CC1(C)[C@@H]2CC=C(CN3CCN(c4ccccc4)CC3)[C@@H]1C2. The fourth-order valence-corrected chi connectivity index (χ4v) is 4.72. The third-order valence-corrected chi connectivity index (χ3v) is 6.48. The van der Waals surface area contributed by atoms with E-state index in [0.29, 0.717) is 5.41 Å². The normalized spacial score (nSPS) is 30.6. The number of anilines is 1. The molecule has 0 unspecified atom stereocenters. The van der Waals surface area contributed by atoms with E-state index in [4.69, 9.17) is 0 Å². The van der Waals surface area contributed by atoms with Crippen molar-refractivity contribution in [1.82, 2.24) is 4.90 Å². The third-order valence-electron chi connectivity index (χ3n) is 6.48. The van der Waals surface area contributed by atoms with Crippen LogP contribution in [0.5, 0.6) is 0 Å². The average Bonchev–Trinajstić information content (AvgIpc) is 2.56. The van der Waals surface area contributed by atoms with Crippen molar-refractivity contribution in [3.8, 4) is 0 Å². The Morgan fingerprint density at radius 2 is 1.77 bits per heavy atom. The molecule has 0 spiro atoms. The molecule has 4 aliphatic rings. The van der Waals surface area contributed by atoms with E-state index in [1.54, 1.807) is 5.57 Å². The Kier molecular flexibility index (Phi) is 3.53. The molecule has 2 heteroatoms. The van der Waals surface area contributed by atoms with Gasteiger partial charge in [0.2, 0.25) is 0 Å². The first-order valence-corrected chi connectivity index (χ1v) is 8.86. The summed E-state index contributed by atoms with van der Waals surface area (Å²) in [5.41, 5.74) is 3.68. The van der Waals surface area contributed by atoms with Gasteiger partial charge in [0.1, 0.15) is 0 Å². The Labute approximate surface area is 134 Å². The number of allylic oxidation sites excluding steroid dienone is 1. The molecule has 1 saturated heterocycles. The Morgan fingerprint density at radius 3 is 2.41 bits per heavy atom. The number of piperazine rings is 1. The highest BCUT2D eigenvalue weighted by molar-refractivity contribution is 5.46. The number of para-hydroxylation sites is 1. The van der Waals surface area contributed by atoms with Gasteiger partial charge in [-0.05, 0) is 42.2 Å². The third kappa shape index (κ3) is 2.38. The van der Waals surface area contributed by atoms with E-state index >= 15 is 0 Å². The number of rotatable bonds is 3. The van der Waals surface area contributed by atoms with Crippen LogP contribution < -0.4 is 4.90 Å². The summed E-state index contributed by atoms with van der Waals surface area (Å²) in [7, 11) is 0. The minimum absolute atomic E-state index is 0.565. The van der Waals surface area contributed by atoms with Gasteiger partial charge in [-0.1, -0.05) is 43.7 Å². The second kappa shape index (κ2) is 5.42. The number of hydrogen-bond donors (Lipinski definition) is 0. The van der Waals surface area contributed by atoms with Crippen molar-refractivity contribution in [1.29, 1.82) is 0 Å².